The molecular formula is C67H49N5. The summed E-state index contributed by atoms with van der Waals surface area (Å²) in [5.74, 6) is 0. The molecule has 14 aromatic rings. The summed E-state index contributed by atoms with van der Waals surface area (Å²) in [7, 11) is 0. The first kappa shape index (κ1) is 40.8. The molecule has 5 heteroatoms. The van der Waals surface area contributed by atoms with Gasteiger partial charge in [0, 0.05) is 82.1 Å². The van der Waals surface area contributed by atoms with Crippen LogP contribution in [0, 0.1) is 0 Å². The zero-order valence-electron chi connectivity index (χ0n) is 40.2. The molecule has 1 atom stereocenters. The van der Waals surface area contributed by atoms with Crippen LogP contribution in [0.25, 0.3) is 132 Å². The van der Waals surface area contributed by atoms with Crippen LogP contribution in [0.5, 0.6) is 0 Å². The van der Waals surface area contributed by atoms with Crippen molar-refractivity contribution in [2.24, 2.45) is 0 Å². The van der Waals surface area contributed by atoms with E-state index in [2.05, 4.69) is 267 Å². The van der Waals surface area contributed by atoms with Crippen molar-refractivity contribution in [1.29, 1.82) is 0 Å². The van der Waals surface area contributed by atoms with Crippen LogP contribution in [0.3, 0.4) is 0 Å². The molecule has 0 amide bonds. The highest BCUT2D eigenvalue weighted by molar-refractivity contribution is 6.28. The van der Waals surface area contributed by atoms with Crippen molar-refractivity contribution in [3.63, 3.8) is 0 Å². The van der Waals surface area contributed by atoms with Crippen LogP contribution in [-0.2, 0) is 0 Å². The zero-order valence-corrected chi connectivity index (χ0v) is 40.2. The molecular weight excluding hydrogens is 875 g/mol. The number of para-hydroxylation sites is 5. The molecule has 1 aliphatic rings. The van der Waals surface area contributed by atoms with E-state index in [1.165, 1.54) is 115 Å². The highest BCUT2D eigenvalue weighted by Crippen LogP contribution is 2.46. The van der Waals surface area contributed by atoms with Crippen LogP contribution in [-0.4, -0.2) is 22.8 Å². The fraction of sp³-hybridized carbons (Fsp3) is 0.0746. The average Bonchev–Trinajstić information content (AvgIpc) is 4.23. The number of aromatic nitrogens is 5. The Morgan fingerprint density at radius 1 is 0.444 bits per heavy atom. The second-order valence-corrected chi connectivity index (χ2v) is 19.5. The molecule has 0 N–H and O–H groups in total. The SMILES string of the molecule is CC/C=C\C=C(/C)n1c2ccccc2c2c1ccc1c3ccccc3n(-c3ccc4c(c3)c3cc(-n5c6ccccc6c6c5ccc5c7ccccc7n(C7C=CC=CC7)c56)ccc3n4-c3ccccc3)c12. The molecule has 0 bridgehead atoms. The standard InChI is InChI=1S/C67H49N5/c1-3-4-7-20-43(2)68-58-31-18-14-27-52(58)64-62(68)39-35-51-49-26-13-17-30-57(49)72(67(51)64)47-34-38-61-55(42-47)54-41-46(33-37-60(54)69(61)44-21-8-5-9-22-44)70-59-32-19-15-28-53(59)65-63(70)40-36-50-48-25-12-16-29-56(48)71(66(50)65)45-23-10-6-11-24-45/h4-23,25-42,45H,3,24H2,1-2H3/b7-4-,43-20+. The van der Waals surface area contributed by atoms with Crippen molar-refractivity contribution in [3.8, 4) is 17.1 Å². The van der Waals surface area contributed by atoms with E-state index in [0.717, 1.165) is 29.9 Å². The fourth-order valence-electron chi connectivity index (χ4n) is 12.6. The van der Waals surface area contributed by atoms with Crippen molar-refractivity contribution >= 4 is 115 Å². The lowest BCUT2D eigenvalue weighted by atomic mass is 10.1. The topological polar surface area (TPSA) is 24.6 Å². The molecule has 342 valence electrons. The monoisotopic (exact) mass is 923 g/mol. The van der Waals surface area contributed by atoms with Crippen molar-refractivity contribution in [2.75, 3.05) is 0 Å². The van der Waals surface area contributed by atoms with E-state index in [-0.39, 0.29) is 6.04 Å². The first-order chi connectivity index (χ1) is 35.7. The first-order valence-electron chi connectivity index (χ1n) is 25.4. The quantitative estimate of drug-likeness (QED) is 0.142. The Kier molecular flexibility index (Phi) is 8.91. The molecule has 5 heterocycles. The third kappa shape index (κ3) is 5.70. The fourth-order valence-corrected chi connectivity index (χ4v) is 12.6. The summed E-state index contributed by atoms with van der Waals surface area (Å²) in [5.41, 5.74) is 16.7. The molecule has 72 heavy (non-hydrogen) atoms. The highest BCUT2D eigenvalue weighted by atomic mass is 15.0. The van der Waals surface area contributed by atoms with Gasteiger partial charge in [0.1, 0.15) is 0 Å². The second kappa shape index (κ2) is 15.7. The average molecular weight is 924 g/mol. The lowest BCUT2D eigenvalue weighted by Gasteiger charge is -2.19. The Labute approximate surface area is 415 Å². The predicted octanol–water partition coefficient (Wildman–Crippen LogP) is 18.1. The van der Waals surface area contributed by atoms with Gasteiger partial charge < -0.3 is 22.8 Å². The normalized spacial score (nSPS) is 14.6. The molecule has 0 radical (unpaired) electrons. The minimum Gasteiger partial charge on any atom is -0.333 e. The Bertz CT molecular complexity index is 4710. The molecule has 0 fully saturated rings. The predicted molar refractivity (Wildman–Crippen MR) is 307 cm³/mol. The lowest BCUT2D eigenvalue weighted by molar-refractivity contribution is 0.649. The van der Waals surface area contributed by atoms with E-state index >= 15 is 0 Å². The van der Waals surface area contributed by atoms with Gasteiger partial charge in [-0.25, -0.2) is 0 Å². The van der Waals surface area contributed by atoms with Gasteiger partial charge in [0.15, 0.2) is 0 Å². The van der Waals surface area contributed by atoms with Gasteiger partial charge in [0.2, 0.25) is 0 Å². The molecule has 15 rings (SSSR count). The van der Waals surface area contributed by atoms with Crippen molar-refractivity contribution in [2.45, 2.75) is 32.7 Å². The third-order valence-electron chi connectivity index (χ3n) is 15.6. The van der Waals surface area contributed by atoms with Gasteiger partial charge >= 0.3 is 0 Å². The van der Waals surface area contributed by atoms with E-state index in [4.69, 9.17) is 0 Å². The van der Waals surface area contributed by atoms with Crippen LogP contribution in [0.1, 0.15) is 32.7 Å². The maximum Gasteiger partial charge on any atom is 0.0641 e. The van der Waals surface area contributed by atoms with E-state index in [1.807, 2.05) is 0 Å². The molecule has 1 unspecified atom stereocenters. The summed E-state index contributed by atoms with van der Waals surface area (Å²) in [6.45, 7) is 4.41. The van der Waals surface area contributed by atoms with Crippen molar-refractivity contribution in [1.82, 2.24) is 22.8 Å². The zero-order chi connectivity index (χ0) is 47.6. The summed E-state index contributed by atoms with van der Waals surface area (Å²) < 4.78 is 12.5. The van der Waals surface area contributed by atoms with Gasteiger partial charge in [-0.2, -0.15) is 0 Å². The summed E-state index contributed by atoms with van der Waals surface area (Å²) in [6.07, 6.45) is 17.6. The Morgan fingerprint density at radius 2 is 0.972 bits per heavy atom. The van der Waals surface area contributed by atoms with E-state index in [0.29, 0.717) is 0 Å². The molecule has 0 aliphatic heterocycles. The Morgan fingerprint density at radius 3 is 1.67 bits per heavy atom. The maximum absolute atomic E-state index is 2.60. The number of fused-ring (bicyclic) bond motifs is 17. The molecule has 0 saturated heterocycles. The first-order valence-corrected chi connectivity index (χ1v) is 25.4. The largest absolute Gasteiger partial charge is 0.333 e. The molecule has 5 aromatic heterocycles. The van der Waals surface area contributed by atoms with Crippen LogP contribution in [0.4, 0.5) is 0 Å². The van der Waals surface area contributed by atoms with Gasteiger partial charge in [-0.15, -0.1) is 0 Å². The smallest absolute Gasteiger partial charge is 0.0641 e. The van der Waals surface area contributed by atoms with Gasteiger partial charge in [-0.05, 0) is 111 Å². The summed E-state index contributed by atoms with van der Waals surface area (Å²) in [6, 6.07) is 70.5. The number of rotatable bonds is 7. The van der Waals surface area contributed by atoms with Gasteiger partial charge in [-0.3, -0.25) is 0 Å². The van der Waals surface area contributed by atoms with Crippen LogP contribution < -0.4 is 0 Å². The number of benzene rings is 9. The Balaban J connectivity index is 1.02. The summed E-state index contributed by atoms with van der Waals surface area (Å²) in [4.78, 5) is 0. The second-order valence-electron chi connectivity index (χ2n) is 19.5. The maximum atomic E-state index is 2.60. The van der Waals surface area contributed by atoms with E-state index < -0.39 is 0 Å². The van der Waals surface area contributed by atoms with Crippen LogP contribution in [0.2, 0.25) is 0 Å². The molecule has 9 aromatic carbocycles. The molecule has 5 nitrogen and oxygen atoms in total. The number of nitrogens with zero attached hydrogens (tertiary/aromatic N) is 5. The lowest BCUT2D eigenvalue weighted by Crippen LogP contribution is -2.07. The van der Waals surface area contributed by atoms with E-state index in [9.17, 15) is 0 Å². The number of allylic oxidation sites excluding steroid dienone is 8. The summed E-state index contributed by atoms with van der Waals surface area (Å²) in [5, 5.41) is 12.5. The number of hydrogen-bond donors (Lipinski definition) is 0. The minimum absolute atomic E-state index is 0.220. The Hall–Kier alpha value is -9.06. The highest BCUT2D eigenvalue weighted by Gasteiger charge is 2.25. The number of hydrogen-bond acceptors (Lipinski definition) is 0. The molecule has 0 spiro atoms. The van der Waals surface area contributed by atoms with Crippen molar-refractivity contribution < 1.29 is 0 Å². The van der Waals surface area contributed by atoms with Crippen molar-refractivity contribution in [3.05, 3.63) is 231 Å². The van der Waals surface area contributed by atoms with Crippen LogP contribution in [0.15, 0.2) is 231 Å². The minimum atomic E-state index is 0.220. The third-order valence-corrected chi connectivity index (χ3v) is 15.6. The van der Waals surface area contributed by atoms with E-state index in [1.54, 1.807) is 0 Å². The molecule has 1 aliphatic carbocycles. The van der Waals surface area contributed by atoms with Gasteiger partial charge in [-0.1, -0.05) is 147 Å². The van der Waals surface area contributed by atoms with Crippen LogP contribution >= 0.6 is 0 Å². The van der Waals surface area contributed by atoms with Gasteiger partial charge in [0.05, 0.1) is 55.7 Å². The summed E-state index contributed by atoms with van der Waals surface area (Å²) >= 11 is 0. The molecule has 0 saturated carbocycles. The van der Waals surface area contributed by atoms with Gasteiger partial charge in [0.25, 0.3) is 0 Å².